The van der Waals surface area contributed by atoms with E-state index in [2.05, 4.69) is 181 Å². The maximum Gasteiger partial charge on any atom is 0.401 e. The van der Waals surface area contributed by atoms with E-state index in [0.29, 0.717) is 69.0 Å². The number of aromatic nitrogens is 1. The zero-order valence-electron chi connectivity index (χ0n) is 80.4. The monoisotopic (exact) mass is 1810 g/mol. The molecule has 0 aliphatic carbocycles. The van der Waals surface area contributed by atoms with Gasteiger partial charge in [-0.3, -0.25) is 29.4 Å². The molecule has 2 aromatic carbocycles. The number of para-hydroxylation sites is 1. The Kier molecular flexibility index (Phi) is 52.7. The van der Waals surface area contributed by atoms with Crippen LogP contribution < -0.4 is 4.90 Å². The van der Waals surface area contributed by atoms with Crippen molar-refractivity contribution >= 4 is 15.5 Å². The lowest BCUT2D eigenvalue weighted by Gasteiger charge is -2.44. The molecule has 0 radical (unpaired) electrons. The maximum atomic E-state index is 12.8. The van der Waals surface area contributed by atoms with Crippen molar-refractivity contribution in [3.8, 4) is 6.07 Å². The molecule has 0 amide bonds. The Labute approximate surface area is 758 Å². The van der Waals surface area contributed by atoms with Crippen molar-refractivity contribution in [2.24, 2.45) is 0 Å². The van der Waals surface area contributed by atoms with Crippen LogP contribution >= 0.6 is 0 Å². The number of benzene rings is 2. The van der Waals surface area contributed by atoms with Crippen LogP contribution in [0.1, 0.15) is 155 Å². The second-order valence-electron chi connectivity index (χ2n) is 36.8. The minimum Gasteiger partial charge on any atom is -0.447 e. The lowest BCUT2D eigenvalue weighted by molar-refractivity contribution is -0.180. The number of sulfone groups is 1. The maximum absolute atomic E-state index is 12.8. The van der Waals surface area contributed by atoms with Gasteiger partial charge >= 0.3 is 12.4 Å². The van der Waals surface area contributed by atoms with E-state index >= 15 is 0 Å². The van der Waals surface area contributed by atoms with Gasteiger partial charge in [-0.2, -0.15) is 36.7 Å². The van der Waals surface area contributed by atoms with Gasteiger partial charge in [0.05, 0.1) is 89.9 Å². The van der Waals surface area contributed by atoms with Gasteiger partial charge in [-0.25, -0.2) is 13.4 Å². The molecule has 32 heteroatoms. The normalized spacial score (nSPS) is 21.2. The molecule has 726 valence electrons. The van der Waals surface area contributed by atoms with Crippen molar-refractivity contribution < 1.29 is 58.6 Å². The van der Waals surface area contributed by atoms with E-state index in [1.165, 1.54) is 141 Å². The van der Waals surface area contributed by atoms with Crippen LogP contribution in [0.3, 0.4) is 0 Å². The highest BCUT2D eigenvalue weighted by molar-refractivity contribution is 7.90. The van der Waals surface area contributed by atoms with Crippen LogP contribution in [-0.2, 0) is 37.2 Å². The lowest BCUT2D eigenvalue weighted by atomic mass is 10.0. The number of anilines is 1. The van der Waals surface area contributed by atoms with Gasteiger partial charge in [0.1, 0.15) is 15.6 Å². The van der Waals surface area contributed by atoms with Gasteiger partial charge in [-0.1, -0.05) is 83.1 Å². The summed E-state index contributed by atoms with van der Waals surface area (Å²) in [6.45, 7) is 39.0. The number of oxazole rings is 1. The number of piperidine rings is 8. The van der Waals surface area contributed by atoms with Crippen LogP contribution in [0.4, 0.5) is 32.0 Å². The number of aliphatic hydroxyl groups is 1. The van der Waals surface area contributed by atoms with Gasteiger partial charge in [0.25, 0.3) is 0 Å². The van der Waals surface area contributed by atoms with Crippen molar-refractivity contribution in [2.45, 2.75) is 230 Å². The minimum atomic E-state index is -4.14. The predicted octanol–water partition coefficient (Wildman–Crippen LogP) is 11.2. The Morgan fingerprint density at radius 1 is 0.444 bits per heavy atom. The molecule has 0 saturated carbocycles. The zero-order chi connectivity index (χ0) is 92.0. The van der Waals surface area contributed by atoms with Crippen LogP contribution in [0.5, 0.6) is 0 Å². The smallest absolute Gasteiger partial charge is 0.401 e. The molecule has 0 spiro atoms. The summed E-state index contributed by atoms with van der Waals surface area (Å²) >= 11 is 0. The summed E-state index contributed by atoms with van der Waals surface area (Å²) in [7, 11) is 16.1. The second-order valence-corrected chi connectivity index (χ2v) is 39.0. The van der Waals surface area contributed by atoms with Crippen molar-refractivity contribution in [1.82, 2.24) is 78.6 Å². The second kappa shape index (κ2) is 60.1. The summed E-state index contributed by atoms with van der Waals surface area (Å²) < 4.78 is 114. The molecule has 13 rings (SSSR count). The third kappa shape index (κ3) is 43.2. The fourth-order valence-corrected chi connectivity index (χ4v) is 19.5. The lowest BCUT2D eigenvalue weighted by Crippen LogP contribution is -2.58. The van der Waals surface area contributed by atoms with Crippen molar-refractivity contribution in [1.29, 1.82) is 5.26 Å². The largest absolute Gasteiger partial charge is 0.447 e. The highest BCUT2D eigenvalue weighted by atomic mass is 32.2. The molecular formula is C94H170F6N18O7S. The third-order valence-electron chi connectivity index (χ3n) is 27.2. The van der Waals surface area contributed by atoms with E-state index in [1.807, 2.05) is 56.7 Å². The van der Waals surface area contributed by atoms with E-state index in [4.69, 9.17) is 24.0 Å². The quantitative estimate of drug-likeness (QED) is 0.0490. The zero-order valence-corrected chi connectivity index (χ0v) is 81.2. The number of aliphatic hydroxyl groups excluding tert-OH is 1. The van der Waals surface area contributed by atoms with Crippen LogP contribution in [0.2, 0.25) is 0 Å². The molecule has 1 N–H and O–H groups in total. The summed E-state index contributed by atoms with van der Waals surface area (Å²) in [5, 5.41) is 19.9. The molecule has 0 bridgehead atoms. The van der Waals surface area contributed by atoms with Crippen molar-refractivity contribution in [2.75, 3.05) is 284 Å². The van der Waals surface area contributed by atoms with E-state index < -0.39 is 35.3 Å². The molecule has 3 aromatic rings. The first-order valence-corrected chi connectivity index (χ1v) is 49.8. The number of likely N-dealkylation sites (N-methyl/N-ethyl adjacent to an activating group) is 1. The summed E-state index contributed by atoms with van der Waals surface area (Å²) in [5.41, 5.74) is 2.17. The Morgan fingerprint density at radius 3 is 1.13 bits per heavy atom. The molecule has 10 fully saturated rings. The Hall–Kier alpha value is -4.29. The number of rotatable bonds is 30. The average molecular weight is 1810 g/mol. The highest BCUT2D eigenvalue weighted by Gasteiger charge is 2.42. The number of hydrogen-bond donors (Lipinski definition) is 1. The molecule has 0 unspecified atom stereocenters. The molecule has 1 aromatic heterocycles. The molecule has 11 heterocycles. The standard InChI is InChI=1S/C15H21F3N2.C14H22N2O.C12H21N3O.C11H19F3N2O.C11H21N3.C11H24N2O2S.C11H22N2O.C9H20N2O/c1-19-9-7-14(8-10-19)20(12-15(16,17)18)11-13-5-3-2-4-6-13;1-15-9-7-14(8-10-15)16(11-12-17)13-5-3-2-4-6-13;1-3-15(9-12-8-13-10-16-12)11-4-6-14(2)7-5-11;1-15-4-2-9(3-5-15)16(8-11(12,13)14)10-6-17-7-10;1-3-14(8-4-7-12)11-5-9-13(2)10-6-11;1-4-13(9-10-16(3,14)15)11-5-7-12(2)8-6-11;1-3-13(11-8-14-9-11)10-4-6-12(2)7-5-10;1-4-11(12-3)9-5-7-10(2)8-6-9/h2-6,14H,7-12H2,1H3;2-6,14,17H,7-12H2,1H3;8,10-11H,3-7,9H2,1-2H3;9-10H,2-8H2,1H3;11H,3-6,8-10H2,1-2H3;11H,4-10H2,1-3H3;10-11H,3-9H2,1-2H3;9H,4-8H2,1-3H3. The first-order chi connectivity index (χ1) is 60.3. The number of alkyl halides is 6. The van der Waals surface area contributed by atoms with Crippen molar-refractivity contribution in [3.63, 3.8) is 0 Å². The molecule has 0 atom stereocenters. The predicted molar refractivity (Wildman–Crippen MR) is 499 cm³/mol. The fraction of sp³-hybridized carbons (Fsp3) is 0.830. The van der Waals surface area contributed by atoms with Gasteiger partial charge in [0.15, 0.2) is 6.39 Å². The van der Waals surface area contributed by atoms with Crippen LogP contribution in [-0.4, -0.2) is 444 Å². The number of ether oxygens (including phenoxy) is 2. The summed E-state index contributed by atoms with van der Waals surface area (Å²) in [6.07, 6.45) is 15.2. The van der Waals surface area contributed by atoms with Gasteiger partial charge in [0, 0.05) is 99.4 Å². The number of halogens is 6. The molecule has 126 heavy (non-hydrogen) atoms. The van der Waals surface area contributed by atoms with E-state index in [-0.39, 0.29) is 30.5 Å². The third-order valence-corrected chi connectivity index (χ3v) is 28.1. The van der Waals surface area contributed by atoms with Crippen LogP contribution in [0.25, 0.3) is 0 Å². The number of nitriles is 1. The number of hydrogen-bond acceptors (Lipinski definition) is 25. The average Bonchev–Trinajstić information content (AvgIpc) is 0.899. The van der Waals surface area contributed by atoms with Crippen molar-refractivity contribution in [3.05, 3.63) is 84.6 Å². The van der Waals surface area contributed by atoms with Gasteiger partial charge in [-0.05, 0) is 308 Å². The Bertz CT molecular complexity index is 3340. The Morgan fingerprint density at radius 2 is 0.802 bits per heavy atom. The van der Waals surface area contributed by atoms with Gasteiger partial charge in [0.2, 0.25) is 0 Å². The van der Waals surface area contributed by atoms with E-state index in [1.54, 1.807) is 16.9 Å². The molecular weight excluding hydrogens is 1640 g/mol. The summed E-state index contributed by atoms with van der Waals surface area (Å²) in [6, 6.07) is 26.8. The number of hydroxylamine groups is 2. The first kappa shape index (κ1) is 110. The number of nitrogens with zero attached hydrogens (tertiary/aromatic N) is 18. The minimum absolute atomic E-state index is 0.0213. The molecule has 10 saturated heterocycles. The van der Waals surface area contributed by atoms with E-state index in [9.17, 15) is 39.9 Å². The van der Waals surface area contributed by atoms with E-state index in [0.717, 1.165) is 167 Å². The molecule has 25 nitrogen and oxygen atoms in total. The van der Waals surface area contributed by atoms with Crippen LogP contribution in [0, 0.1) is 11.3 Å². The molecule has 10 aliphatic heterocycles. The summed E-state index contributed by atoms with van der Waals surface area (Å²) in [5.74, 6) is 1.26. The Balaban J connectivity index is 0.000000223. The number of likely N-dealkylation sites (tertiary alicyclic amines) is 8. The fourth-order valence-electron chi connectivity index (χ4n) is 18.9. The summed E-state index contributed by atoms with van der Waals surface area (Å²) in [4.78, 5) is 43.4. The van der Waals surface area contributed by atoms with Gasteiger partial charge in [-0.15, -0.1) is 0 Å². The SMILES string of the molecule is CCN(C1CCN(C)CC1)C1COC1.CCN(CCC#N)C1CCN(C)CC1.CCN(CCS(C)(=O)=O)C1CCN(C)CC1.CCN(Cc1cnco1)C1CCN(C)CC1.CCN(OC)C1CCN(C)CC1.CN1CCC(N(CC(F)(F)F)C2COC2)CC1.CN1CCC(N(CCO)c2ccccc2)CC1.CN1CCC(N(Cc2ccccc2)CC(F)(F)F)CC1. The topological polar surface area (TPSA) is 184 Å². The molecule has 10 aliphatic rings. The van der Waals surface area contributed by atoms with Crippen LogP contribution in [0.15, 0.2) is 77.7 Å². The first-order valence-electron chi connectivity index (χ1n) is 47.7. The highest BCUT2D eigenvalue weighted by Crippen LogP contribution is 2.30. The van der Waals surface area contributed by atoms with Gasteiger partial charge < -0.3 is 67.9 Å².